The normalized spacial score (nSPS) is 11.2. The lowest BCUT2D eigenvalue weighted by molar-refractivity contribution is 0.102. The fraction of sp³-hybridized carbons (Fsp3) is 0.100. The van der Waals surface area contributed by atoms with E-state index in [-0.39, 0.29) is 21.2 Å². The smallest absolute Gasteiger partial charge is 0.264 e. The summed E-state index contributed by atoms with van der Waals surface area (Å²) in [6, 6.07) is 14.0. The highest BCUT2D eigenvalue weighted by Gasteiger charge is 2.24. The van der Waals surface area contributed by atoms with Crippen molar-refractivity contribution in [2.75, 3.05) is 16.7 Å². The third-order valence-electron chi connectivity index (χ3n) is 4.16. The van der Waals surface area contributed by atoms with Crippen LogP contribution in [0.4, 0.5) is 15.9 Å². The zero-order chi connectivity index (χ0) is 21.2. The second-order valence-corrected chi connectivity index (χ2v) is 8.59. The number of amides is 1. The van der Waals surface area contributed by atoms with Gasteiger partial charge in [-0.05, 0) is 61.5 Å². The molecule has 0 saturated carbocycles. The molecule has 1 N–H and O–H groups in total. The Kier molecular flexibility index (Phi) is 5.86. The van der Waals surface area contributed by atoms with Crippen LogP contribution in [0.2, 0.25) is 5.02 Å². The highest BCUT2D eigenvalue weighted by atomic mass is 35.5. The molecule has 1 heterocycles. The largest absolute Gasteiger partial charge is 0.307 e. The molecule has 3 aromatic rings. The van der Waals surface area contributed by atoms with Crippen molar-refractivity contribution in [3.8, 4) is 0 Å². The number of hydrogen-bond donors (Lipinski definition) is 1. The van der Waals surface area contributed by atoms with Gasteiger partial charge in [-0.2, -0.15) is 0 Å². The number of carbonyl (C=O) groups is 1. The average Bonchev–Trinajstić information content (AvgIpc) is 2.68. The van der Waals surface area contributed by atoms with Crippen molar-refractivity contribution in [2.45, 2.75) is 11.8 Å². The van der Waals surface area contributed by atoms with Crippen LogP contribution in [0.15, 0.2) is 65.6 Å². The Bertz CT molecular complexity index is 1170. The van der Waals surface area contributed by atoms with Crippen molar-refractivity contribution >= 4 is 39.0 Å². The molecular formula is C20H17ClFN3O3S. The maximum Gasteiger partial charge on any atom is 0.264 e. The number of nitrogens with one attached hydrogen (secondary N) is 1. The van der Waals surface area contributed by atoms with Gasteiger partial charge in [0.05, 0.1) is 21.2 Å². The first-order valence-electron chi connectivity index (χ1n) is 8.47. The van der Waals surface area contributed by atoms with Gasteiger partial charge in [-0.3, -0.25) is 9.10 Å². The number of aryl methyl sites for hydroxylation is 1. The number of sulfonamides is 1. The van der Waals surface area contributed by atoms with Crippen molar-refractivity contribution in [3.63, 3.8) is 0 Å². The van der Waals surface area contributed by atoms with E-state index < -0.39 is 21.7 Å². The molecule has 0 atom stereocenters. The van der Waals surface area contributed by atoms with Crippen molar-refractivity contribution in [1.29, 1.82) is 0 Å². The van der Waals surface area contributed by atoms with Gasteiger partial charge in [0.15, 0.2) is 0 Å². The zero-order valence-electron chi connectivity index (χ0n) is 15.6. The molecule has 0 spiro atoms. The molecule has 0 fully saturated rings. The van der Waals surface area contributed by atoms with Gasteiger partial charge in [0.25, 0.3) is 15.9 Å². The molecule has 1 amide bonds. The summed E-state index contributed by atoms with van der Waals surface area (Å²) in [4.78, 5) is 16.7. The molecule has 3 rings (SSSR count). The molecule has 9 heteroatoms. The van der Waals surface area contributed by atoms with E-state index in [1.54, 1.807) is 25.1 Å². The maximum atomic E-state index is 13.1. The third kappa shape index (κ3) is 4.55. The average molecular weight is 434 g/mol. The van der Waals surface area contributed by atoms with E-state index in [0.29, 0.717) is 11.5 Å². The van der Waals surface area contributed by atoms with E-state index in [1.165, 1.54) is 37.4 Å². The standard InChI is InChI=1S/C20H17ClFN3O3S/c1-13-4-3-5-19(23-13)24-20(26)17-12-16(10-11-18(17)21)29(27,28)25(2)15-8-6-14(22)7-9-15/h3-12H,1-2H3,(H,23,24,26). The number of rotatable bonds is 5. The summed E-state index contributed by atoms with van der Waals surface area (Å²) in [5, 5.41) is 2.70. The molecular weight excluding hydrogens is 417 g/mol. The fourth-order valence-corrected chi connectivity index (χ4v) is 4.01. The molecule has 29 heavy (non-hydrogen) atoms. The van der Waals surface area contributed by atoms with Gasteiger partial charge in [-0.15, -0.1) is 0 Å². The second kappa shape index (κ2) is 8.18. The van der Waals surface area contributed by atoms with Crippen LogP contribution in [-0.4, -0.2) is 26.4 Å². The highest BCUT2D eigenvalue weighted by Crippen LogP contribution is 2.26. The van der Waals surface area contributed by atoms with Gasteiger partial charge in [-0.1, -0.05) is 17.7 Å². The summed E-state index contributed by atoms with van der Waals surface area (Å²) >= 11 is 6.12. The van der Waals surface area contributed by atoms with Gasteiger partial charge in [0.1, 0.15) is 11.6 Å². The lowest BCUT2D eigenvalue weighted by atomic mass is 10.2. The van der Waals surface area contributed by atoms with Crippen LogP contribution in [0.25, 0.3) is 0 Å². The number of benzene rings is 2. The van der Waals surface area contributed by atoms with Crippen LogP contribution in [-0.2, 0) is 10.0 Å². The van der Waals surface area contributed by atoms with Crippen molar-refractivity contribution in [1.82, 2.24) is 4.98 Å². The summed E-state index contributed by atoms with van der Waals surface area (Å²) in [6.45, 7) is 1.78. The Morgan fingerprint density at radius 1 is 1.10 bits per heavy atom. The van der Waals surface area contributed by atoms with Gasteiger partial charge in [-0.25, -0.2) is 17.8 Å². The minimum atomic E-state index is -4.00. The predicted octanol–water partition coefficient (Wildman–Crippen LogP) is 4.26. The number of aromatic nitrogens is 1. The Labute approximate surface area is 173 Å². The minimum absolute atomic E-state index is 0.0106. The molecule has 0 bridgehead atoms. The third-order valence-corrected chi connectivity index (χ3v) is 6.27. The molecule has 0 aliphatic carbocycles. The molecule has 0 aliphatic rings. The highest BCUT2D eigenvalue weighted by molar-refractivity contribution is 7.92. The Hall–Kier alpha value is -2.97. The number of halogens is 2. The topological polar surface area (TPSA) is 79.4 Å². The van der Waals surface area contributed by atoms with Gasteiger partial charge >= 0.3 is 0 Å². The number of hydrogen-bond acceptors (Lipinski definition) is 4. The Balaban J connectivity index is 1.93. The van der Waals surface area contributed by atoms with Crippen molar-refractivity contribution in [3.05, 3.63) is 82.8 Å². The second-order valence-electron chi connectivity index (χ2n) is 6.21. The molecule has 0 aliphatic heterocycles. The van der Waals surface area contributed by atoms with Crippen LogP contribution in [0, 0.1) is 12.7 Å². The summed E-state index contributed by atoms with van der Waals surface area (Å²) in [7, 11) is -2.66. The van der Waals surface area contributed by atoms with E-state index in [9.17, 15) is 17.6 Å². The SMILES string of the molecule is Cc1cccc(NC(=O)c2cc(S(=O)(=O)N(C)c3ccc(F)cc3)ccc2Cl)n1. The van der Waals surface area contributed by atoms with Crippen LogP contribution < -0.4 is 9.62 Å². The predicted molar refractivity (Wildman–Crippen MR) is 110 cm³/mol. The first-order valence-corrected chi connectivity index (χ1v) is 10.3. The molecule has 0 unspecified atom stereocenters. The summed E-state index contributed by atoms with van der Waals surface area (Å²) < 4.78 is 40.0. The number of carbonyl (C=O) groups excluding carboxylic acids is 1. The Morgan fingerprint density at radius 2 is 1.79 bits per heavy atom. The Morgan fingerprint density at radius 3 is 2.45 bits per heavy atom. The molecule has 2 aromatic carbocycles. The monoisotopic (exact) mass is 433 g/mol. The van der Waals surface area contributed by atoms with E-state index in [2.05, 4.69) is 10.3 Å². The lowest BCUT2D eigenvalue weighted by Crippen LogP contribution is -2.27. The first kappa shape index (κ1) is 20.8. The van der Waals surface area contributed by atoms with E-state index in [0.717, 1.165) is 16.4 Å². The van der Waals surface area contributed by atoms with Gasteiger partial charge in [0, 0.05) is 12.7 Å². The van der Waals surface area contributed by atoms with Crippen LogP contribution in [0.1, 0.15) is 16.1 Å². The first-order chi connectivity index (χ1) is 13.7. The molecule has 6 nitrogen and oxygen atoms in total. The van der Waals surface area contributed by atoms with E-state index in [4.69, 9.17) is 11.6 Å². The van der Waals surface area contributed by atoms with Gasteiger partial charge < -0.3 is 5.32 Å². The van der Waals surface area contributed by atoms with Crippen LogP contribution >= 0.6 is 11.6 Å². The van der Waals surface area contributed by atoms with E-state index in [1.807, 2.05) is 0 Å². The number of pyridine rings is 1. The minimum Gasteiger partial charge on any atom is -0.307 e. The van der Waals surface area contributed by atoms with Crippen molar-refractivity contribution < 1.29 is 17.6 Å². The van der Waals surface area contributed by atoms with E-state index >= 15 is 0 Å². The quantitative estimate of drug-likeness (QED) is 0.652. The molecule has 150 valence electrons. The van der Waals surface area contributed by atoms with Crippen LogP contribution in [0.3, 0.4) is 0 Å². The molecule has 0 radical (unpaired) electrons. The fourth-order valence-electron chi connectivity index (χ4n) is 2.58. The maximum absolute atomic E-state index is 13.1. The lowest BCUT2D eigenvalue weighted by Gasteiger charge is -2.20. The zero-order valence-corrected chi connectivity index (χ0v) is 17.1. The summed E-state index contributed by atoms with van der Waals surface area (Å²) in [5.41, 5.74) is 0.978. The molecule has 0 saturated heterocycles. The van der Waals surface area contributed by atoms with Gasteiger partial charge in [0.2, 0.25) is 0 Å². The number of anilines is 2. The summed E-state index contributed by atoms with van der Waals surface area (Å²) in [5.74, 6) is -0.743. The van der Waals surface area contributed by atoms with Crippen molar-refractivity contribution in [2.24, 2.45) is 0 Å². The van der Waals surface area contributed by atoms with Crippen LogP contribution in [0.5, 0.6) is 0 Å². The summed E-state index contributed by atoms with van der Waals surface area (Å²) in [6.07, 6.45) is 0. The molecule has 1 aromatic heterocycles. The number of nitrogens with zero attached hydrogens (tertiary/aromatic N) is 2.